The van der Waals surface area contributed by atoms with Gasteiger partial charge in [-0.1, -0.05) is 158 Å². The summed E-state index contributed by atoms with van der Waals surface area (Å²) in [4.78, 5) is 2.39. The van der Waals surface area contributed by atoms with E-state index >= 15 is 0 Å². The molecule has 280 valence electrons. The first kappa shape index (κ1) is 34.1. The monoisotopic (exact) mass is 762 g/mol. The molecule has 0 radical (unpaired) electrons. The fourth-order valence-electron chi connectivity index (χ4n) is 9.38. The SMILES string of the molecule is c1ccc(-n2c3ccccc3c3cc(-c4ccc(N(c5ccc(-c6ccc7c(ccc8ccccc87)c6)cc5)c5ccc6ccc7ccccc7c6c5)cc4)ccc32)cc1. The molecule has 0 aliphatic carbocycles. The van der Waals surface area contributed by atoms with Gasteiger partial charge in [0, 0.05) is 33.5 Å². The first-order chi connectivity index (χ1) is 29.7. The third-order valence-electron chi connectivity index (χ3n) is 12.3. The Morgan fingerprint density at radius 1 is 0.250 bits per heavy atom. The van der Waals surface area contributed by atoms with E-state index in [0.29, 0.717) is 0 Å². The van der Waals surface area contributed by atoms with E-state index in [2.05, 4.69) is 240 Å². The Hall–Kier alpha value is -7.94. The average Bonchev–Trinajstić information content (AvgIpc) is 3.66. The molecule has 12 rings (SSSR count). The molecule has 0 aliphatic rings. The van der Waals surface area contributed by atoms with Gasteiger partial charge in [0.2, 0.25) is 0 Å². The topological polar surface area (TPSA) is 8.17 Å². The average molecular weight is 763 g/mol. The minimum absolute atomic E-state index is 1.10. The van der Waals surface area contributed by atoms with Crippen LogP contribution in [0.4, 0.5) is 17.1 Å². The molecule has 0 saturated carbocycles. The largest absolute Gasteiger partial charge is 0.310 e. The van der Waals surface area contributed by atoms with Crippen LogP contribution in [0.3, 0.4) is 0 Å². The summed E-state index contributed by atoms with van der Waals surface area (Å²) in [6.45, 7) is 0. The van der Waals surface area contributed by atoms with Gasteiger partial charge in [0.05, 0.1) is 11.0 Å². The Labute approximate surface area is 348 Å². The van der Waals surface area contributed by atoms with Crippen LogP contribution in [0.2, 0.25) is 0 Å². The maximum atomic E-state index is 2.39. The van der Waals surface area contributed by atoms with Gasteiger partial charge in [0.15, 0.2) is 0 Å². The lowest BCUT2D eigenvalue weighted by Gasteiger charge is -2.26. The van der Waals surface area contributed by atoms with E-state index in [1.807, 2.05) is 0 Å². The van der Waals surface area contributed by atoms with E-state index in [9.17, 15) is 0 Å². The van der Waals surface area contributed by atoms with Gasteiger partial charge >= 0.3 is 0 Å². The maximum absolute atomic E-state index is 2.39. The summed E-state index contributed by atoms with van der Waals surface area (Å²) in [6.07, 6.45) is 0. The number of fused-ring (bicyclic) bond motifs is 9. The summed E-state index contributed by atoms with van der Waals surface area (Å²) in [7, 11) is 0. The van der Waals surface area contributed by atoms with Crippen molar-refractivity contribution < 1.29 is 0 Å². The number of anilines is 3. The number of para-hydroxylation sites is 2. The van der Waals surface area contributed by atoms with Crippen molar-refractivity contribution in [1.29, 1.82) is 0 Å². The second-order valence-corrected chi connectivity index (χ2v) is 15.8. The molecule has 1 heterocycles. The molecule has 0 aliphatic heterocycles. The van der Waals surface area contributed by atoms with Crippen LogP contribution in [0.15, 0.2) is 231 Å². The molecule has 2 nitrogen and oxygen atoms in total. The highest BCUT2D eigenvalue weighted by atomic mass is 15.1. The Morgan fingerprint density at radius 3 is 1.42 bits per heavy atom. The van der Waals surface area contributed by atoms with Gasteiger partial charge in [0.25, 0.3) is 0 Å². The van der Waals surface area contributed by atoms with Crippen LogP contribution in [0, 0.1) is 0 Å². The van der Waals surface area contributed by atoms with Crippen LogP contribution in [0.25, 0.3) is 92.8 Å². The molecule has 1 aromatic heterocycles. The highest BCUT2D eigenvalue weighted by molar-refractivity contribution is 6.12. The van der Waals surface area contributed by atoms with Crippen molar-refractivity contribution in [3.05, 3.63) is 231 Å². The van der Waals surface area contributed by atoms with E-state index in [1.54, 1.807) is 0 Å². The molecular formula is C58H38N2. The normalized spacial score (nSPS) is 11.7. The van der Waals surface area contributed by atoms with Gasteiger partial charge in [-0.25, -0.2) is 0 Å². The van der Waals surface area contributed by atoms with Gasteiger partial charge < -0.3 is 9.47 Å². The predicted molar refractivity (Wildman–Crippen MR) is 256 cm³/mol. The smallest absolute Gasteiger partial charge is 0.0541 e. The molecule has 11 aromatic carbocycles. The van der Waals surface area contributed by atoms with E-state index in [0.717, 1.165) is 17.1 Å². The Kier molecular flexibility index (Phi) is 7.89. The minimum Gasteiger partial charge on any atom is -0.310 e. The minimum atomic E-state index is 1.10. The summed E-state index contributed by atoms with van der Waals surface area (Å²) < 4.78 is 2.37. The van der Waals surface area contributed by atoms with Crippen molar-refractivity contribution in [3.63, 3.8) is 0 Å². The molecule has 12 aromatic rings. The second kappa shape index (κ2) is 13.9. The molecule has 0 unspecified atom stereocenters. The van der Waals surface area contributed by atoms with Crippen LogP contribution in [0.5, 0.6) is 0 Å². The zero-order chi connectivity index (χ0) is 39.6. The van der Waals surface area contributed by atoms with Crippen LogP contribution in [0.1, 0.15) is 0 Å². The van der Waals surface area contributed by atoms with Crippen molar-refractivity contribution in [3.8, 4) is 27.9 Å². The molecule has 0 N–H and O–H groups in total. The number of hydrogen-bond donors (Lipinski definition) is 0. The van der Waals surface area contributed by atoms with Crippen molar-refractivity contribution in [2.45, 2.75) is 0 Å². The van der Waals surface area contributed by atoms with Gasteiger partial charge in [-0.3, -0.25) is 0 Å². The Bertz CT molecular complexity index is 3580. The van der Waals surface area contributed by atoms with E-state index < -0.39 is 0 Å². The first-order valence-electron chi connectivity index (χ1n) is 20.7. The molecule has 0 bridgehead atoms. The molecule has 0 amide bonds. The molecule has 60 heavy (non-hydrogen) atoms. The van der Waals surface area contributed by atoms with Crippen LogP contribution >= 0.6 is 0 Å². The number of benzene rings is 11. The summed E-state index contributed by atoms with van der Waals surface area (Å²) in [5.41, 5.74) is 11.7. The lowest BCUT2D eigenvalue weighted by molar-refractivity contribution is 1.18. The summed E-state index contributed by atoms with van der Waals surface area (Å²) in [6, 6.07) is 84.3. The number of aromatic nitrogens is 1. The third-order valence-corrected chi connectivity index (χ3v) is 12.3. The van der Waals surface area contributed by atoms with E-state index in [4.69, 9.17) is 0 Å². The maximum Gasteiger partial charge on any atom is 0.0541 e. The van der Waals surface area contributed by atoms with Crippen molar-refractivity contribution >= 4 is 82.0 Å². The fourth-order valence-corrected chi connectivity index (χ4v) is 9.38. The summed E-state index contributed by atoms with van der Waals surface area (Å²) >= 11 is 0. The van der Waals surface area contributed by atoms with Crippen LogP contribution in [-0.4, -0.2) is 4.57 Å². The van der Waals surface area contributed by atoms with Crippen molar-refractivity contribution in [1.82, 2.24) is 4.57 Å². The van der Waals surface area contributed by atoms with Crippen LogP contribution < -0.4 is 4.90 Å². The lowest BCUT2D eigenvalue weighted by atomic mass is 9.97. The molecule has 0 spiro atoms. The van der Waals surface area contributed by atoms with Gasteiger partial charge in [0.1, 0.15) is 0 Å². The summed E-state index contributed by atoms with van der Waals surface area (Å²) in [5, 5.41) is 12.6. The quantitative estimate of drug-likeness (QED) is 0.153. The van der Waals surface area contributed by atoms with E-state index in [-0.39, 0.29) is 0 Å². The lowest BCUT2D eigenvalue weighted by Crippen LogP contribution is -2.09. The highest BCUT2D eigenvalue weighted by Gasteiger charge is 2.17. The molecule has 0 fully saturated rings. The molecular weight excluding hydrogens is 725 g/mol. The zero-order valence-corrected chi connectivity index (χ0v) is 32.8. The first-order valence-corrected chi connectivity index (χ1v) is 20.7. The Morgan fingerprint density at radius 2 is 0.717 bits per heavy atom. The zero-order valence-electron chi connectivity index (χ0n) is 32.8. The van der Waals surface area contributed by atoms with Crippen molar-refractivity contribution in [2.75, 3.05) is 4.90 Å². The third kappa shape index (κ3) is 5.65. The second-order valence-electron chi connectivity index (χ2n) is 15.8. The van der Waals surface area contributed by atoms with Crippen molar-refractivity contribution in [2.24, 2.45) is 0 Å². The number of rotatable bonds is 6. The van der Waals surface area contributed by atoms with Crippen LogP contribution in [-0.2, 0) is 0 Å². The fraction of sp³-hybridized carbons (Fsp3) is 0. The standard InChI is InChI=1S/C58H38N2/c1-2-12-47(13-3-1)60-57-17-9-8-16-54(57)56-37-45(28-35-58(56)60)40-24-31-49(32-25-40)59(50-33-26-43-19-18-42-11-5-7-15-52(42)55(43)38-50)48-29-22-39(23-30-48)44-27-34-53-46(36-44)21-20-41-10-4-6-14-51(41)53/h1-38H. The molecule has 0 atom stereocenters. The highest BCUT2D eigenvalue weighted by Crippen LogP contribution is 2.41. The van der Waals surface area contributed by atoms with Gasteiger partial charge in [-0.05, 0) is 138 Å². The predicted octanol–water partition coefficient (Wildman–Crippen LogP) is 16.2. The Balaban J connectivity index is 0.953. The molecule has 2 heteroatoms. The van der Waals surface area contributed by atoms with E-state index in [1.165, 1.54) is 92.8 Å². The molecule has 0 saturated heterocycles. The number of hydrogen-bond acceptors (Lipinski definition) is 1. The van der Waals surface area contributed by atoms with Gasteiger partial charge in [-0.15, -0.1) is 0 Å². The van der Waals surface area contributed by atoms with Gasteiger partial charge in [-0.2, -0.15) is 0 Å². The number of nitrogens with zero attached hydrogens (tertiary/aromatic N) is 2. The summed E-state index contributed by atoms with van der Waals surface area (Å²) in [5.74, 6) is 0.